The average molecular weight is 330 g/mol. The monoisotopic (exact) mass is 330 g/mol. The van der Waals surface area contributed by atoms with Gasteiger partial charge in [0.05, 0.1) is 11.7 Å². The average Bonchev–Trinajstić information content (AvgIpc) is 3.10. The summed E-state index contributed by atoms with van der Waals surface area (Å²) in [4.78, 5) is 4.42. The number of aromatic hydroxyl groups is 1. The molecule has 0 amide bonds. The molecule has 0 aliphatic heterocycles. The van der Waals surface area contributed by atoms with Gasteiger partial charge in [0, 0.05) is 22.7 Å². The summed E-state index contributed by atoms with van der Waals surface area (Å²) in [5.74, 6) is 0.758. The van der Waals surface area contributed by atoms with Crippen molar-refractivity contribution in [2.45, 2.75) is 13.3 Å². The summed E-state index contributed by atoms with van der Waals surface area (Å²) in [5.41, 5.74) is 12.3. The zero-order chi connectivity index (χ0) is 17.4. The minimum atomic E-state index is 0.245. The van der Waals surface area contributed by atoms with E-state index < -0.39 is 0 Å². The molecule has 0 fully saturated rings. The van der Waals surface area contributed by atoms with Gasteiger partial charge in [-0.05, 0) is 41.3 Å². The van der Waals surface area contributed by atoms with Crippen LogP contribution in [-0.4, -0.2) is 20.3 Å². The van der Waals surface area contributed by atoms with Crippen LogP contribution in [0.4, 0.5) is 5.82 Å². The van der Waals surface area contributed by atoms with Crippen molar-refractivity contribution in [1.29, 1.82) is 0 Å². The number of aromatic nitrogens is 3. The lowest BCUT2D eigenvalue weighted by Gasteiger charge is -2.16. The lowest BCUT2D eigenvalue weighted by Crippen LogP contribution is -2.01. The van der Waals surface area contributed by atoms with Gasteiger partial charge >= 0.3 is 0 Å². The third-order valence-electron chi connectivity index (χ3n) is 4.48. The lowest BCUT2D eigenvalue weighted by molar-refractivity contribution is 0.475. The molecule has 0 saturated carbocycles. The van der Waals surface area contributed by atoms with E-state index in [1.54, 1.807) is 24.5 Å². The van der Waals surface area contributed by atoms with Crippen LogP contribution in [0.3, 0.4) is 0 Å². The van der Waals surface area contributed by atoms with E-state index in [9.17, 15) is 5.11 Å². The first kappa shape index (κ1) is 15.2. The quantitative estimate of drug-likeness (QED) is 0.527. The fourth-order valence-corrected chi connectivity index (χ4v) is 3.24. The van der Waals surface area contributed by atoms with E-state index in [1.165, 1.54) is 0 Å². The molecule has 2 heterocycles. The number of phenolic OH excluding ortho intramolecular Hbond substituents is 1. The Morgan fingerprint density at radius 1 is 1.04 bits per heavy atom. The zero-order valence-electron chi connectivity index (χ0n) is 13.8. The maximum absolute atomic E-state index is 9.54. The number of nitrogens with one attached hydrogen (secondary N) is 1. The van der Waals surface area contributed by atoms with Gasteiger partial charge in [-0.2, -0.15) is 5.10 Å². The molecule has 0 saturated heterocycles. The fraction of sp³-hybridized carbons (Fsp3) is 0.100. The van der Waals surface area contributed by atoms with Gasteiger partial charge in [-0.15, -0.1) is 0 Å². The van der Waals surface area contributed by atoms with Gasteiger partial charge < -0.3 is 10.8 Å². The molecule has 4 aromatic rings. The van der Waals surface area contributed by atoms with Crippen molar-refractivity contribution in [3.05, 3.63) is 60.4 Å². The predicted molar refractivity (Wildman–Crippen MR) is 100 cm³/mol. The van der Waals surface area contributed by atoms with Crippen molar-refractivity contribution < 1.29 is 5.11 Å². The molecule has 5 nitrogen and oxygen atoms in total. The van der Waals surface area contributed by atoms with Crippen molar-refractivity contribution in [3.63, 3.8) is 0 Å². The van der Waals surface area contributed by atoms with Gasteiger partial charge in [-0.3, -0.25) is 5.10 Å². The van der Waals surface area contributed by atoms with Gasteiger partial charge in [0.2, 0.25) is 0 Å². The largest absolute Gasteiger partial charge is 0.508 e. The second-order valence-corrected chi connectivity index (χ2v) is 5.98. The number of hydrogen-bond donors (Lipinski definition) is 3. The molecule has 0 spiro atoms. The number of rotatable bonds is 3. The molecule has 0 aliphatic carbocycles. The van der Waals surface area contributed by atoms with Crippen LogP contribution in [0.1, 0.15) is 12.5 Å². The first-order valence-corrected chi connectivity index (χ1v) is 8.17. The molecule has 25 heavy (non-hydrogen) atoms. The molecule has 2 aromatic carbocycles. The van der Waals surface area contributed by atoms with Crippen molar-refractivity contribution in [2.24, 2.45) is 0 Å². The van der Waals surface area contributed by atoms with Crippen LogP contribution < -0.4 is 5.73 Å². The van der Waals surface area contributed by atoms with Crippen LogP contribution in [0, 0.1) is 0 Å². The standard InChI is InChI=1S/C20H18N4O/c1-2-16-17(12-5-7-15(25)8-6-12)11-22-20(21)19(16)13-3-4-14-10-23-24-18(14)9-13/h3-11,25H,2H2,1H3,(H2,21,22)(H,23,24). The van der Waals surface area contributed by atoms with Gasteiger partial charge in [0.15, 0.2) is 0 Å². The molecular formula is C20H18N4O. The summed E-state index contributed by atoms with van der Waals surface area (Å²) in [6, 6.07) is 13.3. The van der Waals surface area contributed by atoms with Gasteiger partial charge in [-0.25, -0.2) is 4.98 Å². The molecular weight excluding hydrogens is 312 g/mol. The van der Waals surface area contributed by atoms with Crippen molar-refractivity contribution in [2.75, 3.05) is 5.73 Å². The number of nitrogen functional groups attached to an aromatic ring is 1. The molecule has 124 valence electrons. The molecule has 4 rings (SSSR count). The van der Waals surface area contributed by atoms with E-state index in [1.807, 2.05) is 24.3 Å². The molecule has 5 heteroatoms. The number of benzene rings is 2. The van der Waals surface area contributed by atoms with Crippen LogP contribution in [0.15, 0.2) is 54.9 Å². The first-order valence-electron chi connectivity index (χ1n) is 8.17. The van der Waals surface area contributed by atoms with Crippen LogP contribution in [0.2, 0.25) is 0 Å². The van der Waals surface area contributed by atoms with Crippen molar-refractivity contribution in [3.8, 4) is 28.0 Å². The Morgan fingerprint density at radius 2 is 1.80 bits per heavy atom. The lowest BCUT2D eigenvalue weighted by atomic mass is 9.91. The topological polar surface area (TPSA) is 87.8 Å². The minimum Gasteiger partial charge on any atom is -0.508 e. The third-order valence-corrected chi connectivity index (χ3v) is 4.48. The summed E-state index contributed by atoms with van der Waals surface area (Å²) >= 11 is 0. The number of nitrogens with zero attached hydrogens (tertiary/aromatic N) is 2. The summed E-state index contributed by atoms with van der Waals surface area (Å²) in [6.45, 7) is 2.11. The molecule has 0 bridgehead atoms. The fourth-order valence-electron chi connectivity index (χ4n) is 3.24. The van der Waals surface area contributed by atoms with Gasteiger partial charge in [-0.1, -0.05) is 31.2 Å². The zero-order valence-corrected chi connectivity index (χ0v) is 13.8. The highest BCUT2D eigenvalue weighted by Crippen LogP contribution is 2.36. The van der Waals surface area contributed by atoms with E-state index >= 15 is 0 Å². The van der Waals surface area contributed by atoms with Crippen LogP contribution in [0.5, 0.6) is 5.75 Å². The molecule has 0 radical (unpaired) electrons. The Balaban J connectivity index is 1.94. The second-order valence-electron chi connectivity index (χ2n) is 5.98. The van der Waals surface area contributed by atoms with E-state index in [0.29, 0.717) is 5.82 Å². The first-order chi connectivity index (χ1) is 12.2. The number of phenols is 1. The third kappa shape index (κ3) is 2.59. The molecule has 2 aromatic heterocycles. The number of anilines is 1. The number of nitrogens with two attached hydrogens (primary N) is 1. The Hall–Kier alpha value is -3.34. The number of aromatic amines is 1. The summed E-state index contributed by atoms with van der Waals surface area (Å²) in [7, 11) is 0. The van der Waals surface area contributed by atoms with E-state index in [0.717, 1.165) is 45.1 Å². The molecule has 0 aliphatic rings. The molecule has 0 unspecified atom stereocenters. The highest BCUT2D eigenvalue weighted by atomic mass is 16.3. The molecule has 4 N–H and O–H groups in total. The SMILES string of the molecule is CCc1c(-c2ccc(O)cc2)cnc(N)c1-c1ccc2cn[nH]c2c1. The Bertz CT molecular complexity index is 1050. The Kier molecular flexibility index (Phi) is 3.61. The number of hydrogen-bond acceptors (Lipinski definition) is 4. The maximum atomic E-state index is 9.54. The summed E-state index contributed by atoms with van der Waals surface area (Å²) in [5, 5.41) is 17.7. The van der Waals surface area contributed by atoms with Gasteiger partial charge in [0.1, 0.15) is 11.6 Å². The summed E-state index contributed by atoms with van der Waals surface area (Å²) in [6.07, 6.45) is 4.42. The highest BCUT2D eigenvalue weighted by Gasteiger charge is 2.15. The summed E-state index contributed by atoms with van der Waals surface area (Å²) < 4.78 is 0. The van der Waals surface area contributed by atoms with E-state index in [4.69, 9.17) is 5.73 Å². The van der Waals surface area contributed by atoms with Crippen molar-refractivity contribution >= 4 is 16.7 Å². The van der Waals surface area contributed by atoms with Crippen LogP contribution >= 0.6 is 0 Å². The number of pyridine rings is 1. The van der Waals surface area contributed by atoms with E-state index in [2.05, 4.69) is 28.2 Å². The number of H-pyrrole nitrogens is 1. The smallest absolute Gasteiger partial charge is 0.131 e. The highest BCUT2D eigenvalue weighted by molar-refractivity contribution is 5.89. The van der Waals surface area contributed by atoms with E-state index in [-0.39, 0.29) is 5.75 Å². The second kappa shape index (κ2) is 5.94. The maximum Gasteiger partial charge on any atom is 0.131 e. The Labute approximate surface area is 145 Å². The number of fused-ring (bicyclic) bond motifs is 1. The normalized spacial score (nSPS) is 11.1. The molecule has 0 atom stereocenters. The van der Waals surface area contributed by atoms with Crippen molar-refractivity contribution in [1.82, 2.24) is 15.2 Å². The van der Waals surface area contributed by atoms with Crippen LogP contribution in [0.25, 0.3) is 33.2 Å². The van der Waals surface area contributed by atoms with Crippen LogP contribution in [-0.2, 0) is 6.42 Å². The predicted octanol–water partition coefficient (Wildman–Crippen LogP) is 4.14. The Morgan fingerprint density at radius 3 is 2.56 bits per heavy atom. The minimum absolute atomic E-state index is 0.245. The van der Waals surface area contributed by atoms with Gasteiger partial charge in [0.25, 0.3) is 0 Å².